The minimum absolute atomic E-state index is 0.307. The van der Waals surface area contributed by atoms with Gasteiger partial charge in [-0.15, -0.1) is 0 Å². The quantitative estimate of drug-likeness (QED) is 0.516. The molecule has 0 aliphatic rings. The molecule has 1 aromatic carbocycles. The number of aromatic nitrogens is 2. The second-order valence-corrected chi connectivity index (χ2v) is 7.11. The van der Waals surface area contributed by atoms with E-state index in [1.54, 1.807) is 43.9 Å². The van der Waals surface area contributed by atoms with E-state index in [0.29, 0.717) is 33.0 Å². The number of hydrogen-bond acceptors (Lipinski definition) is 4. The van der Waals surface area contributed by atoms with Crippen molar-refractivity contribution >= 4 is 52.8 Å². The maximum absolute atomic E-state index is 11.8. The maximum Gasteiger partial charge on any atom is 0.331 e. The summed E-state index contributed by atoms with van der Waals surface area (Å²) in [6, 6.07) is 5.18. The number of aryl methyl sites for hydroxylation is 1. The van der Waals surface area contributed by atoms with Crippen molar-refractivity contribution in [2.75, 3.05) is 20.7 Å². The number of hydrogen-bond donors (Lipinski definition) is 0. The highest BCUT2D eigenvalue weighted by Gasteiger charge is 2.14. The smallest absolute Gasteiger partial charge is 0.331 e. The predicted octanol–water partition coefficient (Wildman–Crippen LogP) is 3.84. The lowest BCUT2D eigenvalue weighted by atomic mass is 10.2. The van der Waals surface area contributed by atoms with Gasteiger partial charge in [0.2, 0.25) is 0 Å². The van der Waals surface area contributed by atoms with Gasteiger partial charge in [-0.1, -0.05) is 40.9 Å². The lowest BCUT2D eigenvalue weighted by Crippen LogP contribution is -2.27. The van der Waals surface area contributed by atoms with E-state index in [1.165, 1.54) is 17.1 Å². The number of rotatable bonds is 6. The van der Waals surface area contributed by atoms with Crippen molar-refractivity contribution < 1.29 is 14.3 Å². The van der Waals surface area contributed by atoms with Crippen LogP contribution in [0.25, 0.3) is 6.08 Å². The summed E-state index contributed by atoms with van der Waals surface area (Å²) in [6.45, 7) is 1.80. The highest BCUT2D eigenvalue weighted by molar-refractivity contribution is 6.35. The number of amides is 1. The molecule has 1 heterocycles. The van der Waals surface area contributed by atoms with Gasteiger partial charge in [0.05, 0.1) is 12.2 Å². The van der Waals surface area contributed by atoms with Crippen LogP contribution in [-0.4, -0.2) is 47.3 Å². The number of carbonyl (C=O) groups is 2. The molecule has 0 saturated carbocycles. The van der Waals surface area contributed by atoms with Gasteiger partial charge in [0.15, 0.2) is 6.61 Å². The van der Waals surface area contributed by atoms with Crippen molar-refractivity contribution in [1.82, 2.24) is 14.7 Å². The monoisotopic (exact) mass is 429 g/mol. The fourth-order valence-corrected chi connectivity index (χ4v) is 2.90. The average molecular weight is 431 g/mol. The van der Waals surface area contributed by atoms with E-state index in [0.717, 1.165) is 5.56 Å². The molecule has 0 atom stereocenters. The second kappa shape index (κ2) is 9.26. The van der Waals surface area contributed by atoms with Gasteiger partial charge in [0.25, 0.3) is 5.91 Å². The van der Waals surface area contributed by atoms with Crippen molar-refractivity contribution in [1.29, 1.82) is 0 Å². The van der Waals surface area contributed by atoms with E-state index in [-0.39, 0.29) is 12.5 Å². The van der Waals surface area contributed by atoms with Crippen LogP contribution in [0, 0.1) is 6.92 Å². The Bertz CT molecular complexity index is 891. The molecule has 0 fully saturated rings. The molecule has 9 heteroatoms. The molecule has 27 heavy (non-hydrogen) atoms. The molecule has 0 spiro atoms. The van der Waals surface area contributed by atoms with E-state index in [9.17, 15) is 9.59 Å². The summed E-state index contributed by atoms with van der Waals surface area (Å²) < 4.78 is 6.45. The number of nitrogens with zero attached hydrogens (tertiary/aromatic N) is 3. The summed E-state index contributed by atoms with van der Waals surface area (Å²) in [6.07, 6.45) is 2.71. The fraction of sp³-hybridized carbons (Fsp3) is 0.278. The molecule has 0 aliphatic heterocycles. The Hall–Kier alpha value is -2.02. The lowest BCUT2D eigenvalue weighted by Gasteiger charge is -2.09. The first-order chi connectivity index (χ1) is 12.7. The zero-order valence-electron chi connectivity index (χ0n) is 15.0. The Kier molecular flexibility index (Phi) is 7.30. The van der Waals surface area contributed by atoms with Crippen molar-refractivity contribution in [3.8, 4) is 0 Å². The Morgan fingerprint density at radius 2 is 1.96 bits per heavy atom. The van der Waals surface area contributed by atoms with Crippen molar-refractivity contribution in [2.45, 2.75) is 13.5 Å². The van der Waals surface area contributed by atoms with Crippen LogP contribution in [0.5, 0.6) is 0 Å². The third kappa shape index (κ3) is 5.73. The van der Waals surface area contributed by atoms with Gasteiger partial charge in [-0.25, -0.2) is 9.48 Å². The summed E-state index contributed by atoms with van der Waals surface area (Å²) in [4.78, 5) is 24.5. The molecule has 6 nitrogen and oxygen atoms in total. The zero-order chi connectivity index (χ0) is 20.1. The van der Waals surface area contributed by atoms with E-state index in [4.69, 9.17) is 39.5 Å². The number of benzene rings is 1. The third-order valence-corrected chi connectivity index (χ3v) is 4.65. The molecule has 144 valence electrons. The van der Waals surface area contributed by atoms with Gasteiger partial charge in [-0.3, -0.25) is 4.79 Å². The summed E-state index contributed by atoms with van der Waals surface area (Å²) in [5, 5.41) is 5.78. The third-order valence-electron chi connectivity index (χ3n) is 3.67. The highest BCUT2D eigenvalue weighted by atomic mass is 35.5. The van der Waals surface area contributed by atoms with Gasteiger partial charge >= 0.3 is 5.97 Å². The molecule has 2 rings (SSSR count). The van der Waals surface area contributed by atoms with Gasteiger partial charge in [-0.2, -0.15) is 5.10 Å². The summed E-state index contributed by atoms with van der Waals surface area (Å²) in [5.74, 6) is -0.951. The first kappa shape index (κ1) is 21.3. The molecular weight excluding hydrogens is 413 g/mol. The number of likely N-dealkylation sites (N-methyl/N-ethyl adjacent to an activating group) is 1. The van der Waals surface area contributed by atoms with Crippen molar-refractivity contribution in [2.24, 2.45) is 0 Å². The molecular formula is C18H18Cl3N3O3. The standard InChI is InChI=1S/C18H18Cl3N3O3/c1-11-14(6-7-17(26)27-10-16(25)23(2)3)18(21)24(22-11)9-12-4-5-13(19)8-15(12)20/h4-8H,9-10H2,1-3H3/b7-6+. The summed E-state index contributed by atoms with van der Waals surface area (Å²) >= 11 is 18.5. The van der Waals surface area contributed by atoms with Crippen LogP contribution in [0.1, 0.15) is 16.8 Å². The van der Waals surface area contributed by atoms with Gasteiger partial charge in [0, 0.05) is 35.8 Å². The molecule has 0 aliphatic carbocycles. The van der Waals surface area contributed by atoms with Crippen LogP contribution < -0.4 is 0 Å². The Balaban J connectivity index is 2.10. The van der Waals surface area contributed by atoms with Gasteiger partial charge in [0.1, 0.15) is 5.15 Å². The molecule has 0 unspecified atom stereocenters. The van der Waals surface area contributed by atoms with E-state index in [1.807, 2.05) is 0 Å². The molecule has 0 radical (unpaired) electrons. The molecule has 0 bridgehead atoms. The highest BCUT2D eigenvalue weighted by Crippen LogP contribution is 2.26. The number of ether oxygens (including phenoxy) is 1. The molecule has 1 amide bonds. The fourth-order valence-electron chi connectivity index (χ4n) is 2.13. The van der Waals surface area contributed by atoms with Crippen LogP contribution >= 0.6 is 34.8 Å². The number of esters is 1. The van der Waals surface area contributed by atoms with Crippen LogP contribution in [0.2, 0.25) is 15.2 Å². The van der Waals surface area contributed by atoms with Crippen LogP contribution in [0.15, 0.2) is 24.3 Å². The Morgan fingerprint density at radius 1 is 1.26 bits per heavy atom. The molecule has 0 saturated heterocycles. The van der Waals surface area contributed by atoms with E-state index in [2.05, 4.69) is 5.10 Å². The second-order valence-electron chi connectivity index (χ2n) is 5.91. The average Bonchev–Trinajstić information content (AvgIpc) is 2.86. The Labute approximate surface area is 172 Å². The van der Waals surface area contributed by atoms with E-state index >= 15 is 0 Å². The molecule has 1 aromatic heterocycles. The molecule has 0 N–H and O–H groups in total. The first-order valence-electron chi connectivity index (χ1n) is 7.91. The largest absolute Gasteiger partial charge is 0.452 e. The lowest BCUT2D eigenvalue weighted by molar-refractivity contribution is -0.146. The minimum atomic E-state index is -0.644. The first-order valence-corrected chi connectivity index (χ1v) is 9.04. The number of carbonyl (C=O) groups excluding carboxylic acids is 2. The number of halogens is 3. The normalized spacial score (nSPS) is 11.0. The maximum atomic E-state index is 11.8. The Morgan fingerprint density at radius 3 is 2.59 bits per heavy atom. The van der Waals surface area contributed by atoms with Crippen molar-refractivity contribution in [3.63, 3.8) is 0 Å². The molecule has 2 aromatic rings. The van der Waals surface area contributed by atoms with Gasteiger partial charge in [-0.05, 0) is 30.7 Å². The van der Waals surface area contributed by atoms with Crippen molar-refractivity contribution in [3.05, 3.63) is 56.3 Å². The predicted molar refractivity (Wildman–Crippen MR) is 106 cm³/mol. The van der Waals surface area contributed by atoms with E-state index < -0.39 is 5.97 Å². The summed E-state index contributed by atoms with van der Waals surface area (Å²) in [5.41, 5.74) is 2.03. The zero-order valence-corrected chi connectivity index (χ0v) is 17.3. The SMILES string of the molecule is Cc1nn(Cc2ccc(Cl)cc2Cl)c(Cl)c1/C=C/C(=O)OCC(=O)N(C)C. The van der Waals surface area contributed by atoms with Crippen LogP contribution in [-0.2, 0) is 20.9 Å². The van der Waals surface area contributed by atoms with Crippen LogP contribution in [0.4, 0.5) is 0 Å². The summed E-state index contributed by atoms with van der Waals surface area (Å²) in [7, 11) is 3.16. The minimum Gasteiger partial charge on any atom is -0.452 e. The topological polar surface area (TPSA) is 64.4 Å². The van der Waals surface area contributed by atoms with Gasteiger partial charge < -0.3 is 9.64 Å². The van der Waals surface area contributed by atoms with Crippen LogP contribution in [0.3, 0.4) is 0 Å².